The van der Waals surface area contributed by atoms with Gasteiger partial charge in [-0.05, 0) is 29.4 Å². The van der Waals surface area contributed by atoms with E-state index in [1.807, 2.05) is 12.1 Å². The lowest BCUT2D eigenvalue weighted by molar-refractivity contribution is 1.01. The van der Waals surface area contributed by atoms with Crippen LogP contribution in [0.4, 0.5) is 5.69 Å². The van der Waals surface area contributed by atoms with Crippen LogP contribution in [0, 0.1) is 4.91 Å². The van der Waals surface area contributed by atoms with E-state index in [0.29, 0.717) is 12.2 Å². The van der Waals surface area contributed by atoms with E-state index in [1.165, 1.54) is 0 Å². The van der Waals surface area contributed by atoms with Crippen LogP contribution >= 0.6 is 0 Å². The van der Waals surface area contributed by atoms with E-state index in [-0.39, 0.29) is 0 Å². The number of nitrogens with two attached hydrogens (primary N) is 1. The highest BCUT2D eigenvalue weighted by Crippen LogP contribution is 2.19. The molecule has 0 spiro atoms. The van der Waals surface area contributed by atoms with Crippen molar-refractivity contribution in [3.63, 3.8) is 0 Å². The molecule has 0 aliphatic carbocycles. The summed E-state index contributed by atoms with van der Waals surface area (Å²) in [6.07, 6.45) is 0. The van der Waals surface area contributed by atoms with Gasteiger partial charge in [-0.1, -0.05) is 6.07 Å². The number of fused-ring (bicyclic) bond motifs is 1. The number of nitrogens with zero attached hydrogens (tertiary/aromatic N) is 2. The molecule has 0 fully saturated rings. The molecule has 1 heterocycles. The van der Waals surface area contributed by atoms with Crippen LogP contribution < -0.4 is 5.73 Å². The summed E-state index contributed by atoms with van der Waals surface area (Å²) < 4.78 is 0. The Bertz CT molecular complexity index is 482. The molecule has 0 bridgehead atoms. The van der Waals surface area contributed by atoms with Crippen molar-refractivity contribution >= 4 is 16.6 Å². The summed E-state index contributed by atoms with van der Waals surface area (Å²) in [7, 11) is 0. The predicted octanol–water partition coefficient (Wildman–Crippen LogP) is 2.09. The van der Waals surface area contributed by atoms with Crippen molar-refractivity contribution in [2.45, 2.75) is 6.54 Å². The van der Waals surface area contributed by atoms with Crippen LogP contribution in [0.3, 0.4) is 0 Å². The number of nitroso groups, excluding NO2 is 1. The lowest BCUT2D eigenvalue weighted by atomic mass is 10.2. The second kappa shape index (κ2) is 3.51. The molecule has 0 saturated carbocycles. The minimum Gasteiger partial charge on any atom is -0.325 e. The third-order valence-corrected chi connectivity index (χ3v) is 2.04. The highest BCUT2D eigenvalue weighted by atomic mass is 16.3. The van der Waals surface area contributed by atoms with E-state index >= 15 is 0 Å². The zero-order valence-electron chi connectivity index (χ0n) is 7.47. The molecule has 1 aromatic carbocycles. The Labute approximate surface area is 80.7 Å². The Hall–Kier alpha value is -1.81. The first-order valence-electron chi connectivity index (χ1n) is 4.26. The highest BCUT2D eigenvalue weighted by Gasteiger charge is 1.98. The molecule has 0 saturated heterocycles. The van der Waals surface area contributed by atoms with E-state index in [0.717, 1.165) is 16.6 Å². The summed E-state index contributed by atoms with van der Waals surface area (Å²) in [5.41, 5.74) is 7.55. The first-order chi connectivity index (χ1) is 6.83. The molecule has 0 atom stereocenters. The average Bonchev–Trinajstić information content (AvgIpc) is 2.27. The average molecular weight is 187 g/mol. The molecule has 2 N–H and O–H groups in total. The second-order valence-corrected chi connectivity index (χ2v) is 2.98. The Balaban J connectivity index is 2.63. The summed E-state index contributed by atoms with van der Waals surface area (Å²) >= 11 is 0. The zero-order valence-corrected chi connectivity index (χ0v) is 7.47. The smallest absolute Gasteiger partial charge is 0.108 e. The number of benzene rings is 1. The SMILES string of the molecule is NCc1ccc2cc(N=O)ccc2n1. The van der Waals surface area contributed by atoms with Gasteiger partial charge in [0, 0.05) is 11.9 Å². The van der Waals surface area contributed by atoms with Crippen molar-refractivity contribution in [2.75, 3.05) is 0 Å². The van der Waals surface area contributed by atoms with E-state index in [9.17, 15) is 4.91 Å². The van der Waals surface area contributed by atoms with Crippen molar-refractivity contribution in [3.8, 4) is 0 Å². The summed E-state index contributed by atoms with van der Waals surface area (Å²) in [5.74, 6) is 0. The number of hydrogen-bond donors (Lipinski definition) is 1. The Morgan fingerprint density at radius 3 is 2.86 bits per heavy atom. The van der Waals surface area contributed by atoms with Gasteiger partial charge in [0.05, 0.1) is 11.2 Å². The quantitative estimate of drug-likeness (QED) is 0.732. The van der Waals surface area contributed by atoms with Crippen molar-refractivity contribution in [1.82, 2.24) is 4.98 Å². The minimum atomic E-state index is 0.416. The van der Waals surface area contributed by atoms with Gasteiger partial charge in [0.25, 0.3) is 0 Å². The number of pyridine rings is 1. The van der Waals surface area contributed by atoms with E-state index in [2.05, 4.69) is 10.2 Å². The Kier molecular flexibility index (Phi) is 2.20. The van der Waals surface area contributed by atoms with Crippen molar-refractivity contribution in [2.24, 2.45) is 10.9 Å². The molecule has 0 amide bonds. The van der Waals surface area contributed by atoms with E-state index < -0.39 is 0 Å². The molecule has 0 unspecified atom stereocenters. The van der Waals surface area contributed by atoms with Gasteiger partial charge in [0.2, 0.25) is 0 Å². The molecule has 1 aromatic heterocycles. The lowest BCUT2D eigenvalue weighted by Crippen LogP contribution is -1.98. The summed E-state index contributed by atoms with van der Waals surface area (Å²) in [6.45, 7) is 0.420. The standard InChI is InChI=1S/C10H9N3O/c11-6-9-2-1-7-5-8(13-14)3-4-10(7)12-9/h1-5H,6,11H2. The van der Waals surface area contributed by atoms with Crippen LogP contribution in [0.15, 0.2) is 35.5 Å². The fourth-order valence-corrected chi connectivity index (χ4v) is 1.33. The first-order valence-corrected chi connectivity index (χ1v) is 4.26. The molecule has 4 nitrogen and oxygen atoms in total. The van der Waals surface area contributed by atoms with Gasteiger partial charge >= 0.3 is 0 Å². The first kappa shape index (κ1) is 8.77. The van der Waals surface area contributed by atoms with Gasteiger partial charge in [-0.25, -0.2) is 0 Å². The van der Waals surface area contributed by atoms with E-state index in [4.69, 9.17) is 5.73 Å². The molecule has 0 radical (unpaired) electrons. The predicted molar refractivity (Wildman–Crippen MR) is 55.1 cm³/mol. The molecule has 4 heteroatoms. The maximum atomic E-state index is 10.3. The van der Waals surface area contributed by atoms with Gasteiger partial charge < -0.3 is 5.73 Å². The van der Waals surface area contributed by atoms with Gasteiger partial charge in [-0.2, -0.15) is 0 Å². The lowest BCUT2D eigenvalue weighted by Gasteiger charge is -2.00. The van der Waals surface area contributed by atoms with Crippen LogP contribution in [0.5, 0.6) is 0 Å². The number of hydrogen-bond acceptors (Lipinski definition) is 4. The van der Waals surface area contributed by atoms with Gasteiger partial charge in [-0.3, -0.25) is 4.98 Å². The Morgan fingerprint density at radius 2 is 2.14 bits per heavy atom. The zero-order chi connectivity index (χ0) is 9.97. The third-order valence-electron chi connectivity index (χ3n) is 2.04. The monoisotopic (exact) mass is 187 g/mol. The van der Waals surface area contributed by atoms with Crippen LogP contribution in [0.2, 0.25) is 0 Å². The normalized spacial score (nSPS) is 10.4. The topological polar surface area (TPSA) is 68.3 Å². The van der Waals surface area contributed by atoms with Crippen molar-refractivity contribution < 1.29 is 0 Å². The fourth-order valence-electron chi connectivity index (χ4n) is 1.33. The molecule has 70 valence electrons. The number of aromatic nitrogens is 1. The molecule has 0 aliphatic rings. The van der Waals surface area contributed by atoms with Crippen LogP contribution in [-0.2, 0) is 6.54 Å². The maximum absolute atomic E-state index is 10.3. The largest absolute Gasteiger partial charge is 0.325 e. The minimum absolute atomic E-state index is 0.416. The van der Waals surface area contributed by atoms with Crippen LogP contribution in [0.25, 0.3) is 10.9 Å². The van der Waals surface area contributed by atoms with Crippen molar-refractivity contribution in [3.05, 3.63) is 40.9 Å². The Morgan fingerprint density at radius 1 is 1.29 bits per heavy atom. The summed E-state index contributed by atoms with van der Waals surface area (Å²) in [6, 6.07) is 8.85. The second-order valence-electron chi connectivity index (χ2n) is 2.98. The molecule has 0 aliphatic heterocycles. The van der Waals surface area contributed by atoms with Gasteiger partial charge in [-0.15, -0.1) is 4.91 Å². The molecule has 2 aromatic rings. The molecule has 14 heavy (non-hydrogen) atoms. The van der Waals surface area contributed by atoms with Crippen LogP contribution in [0.1, 0.15) is 5.69 Å². The van der Waals surface area contributed by atoms with Crippen LogP contribution in [-0.4, -0.2) is 4.98 Å². The fraction of sp³-hybridized carbons (Fsp3) is 0.100. The van der Waals surface area contributed by atoms with E-state index in [1.54, 1.807) is 18.2 Å². The molecule has 2 rings (SSSR count). The molecular formula is C10H9N3O. The maximum Gasteiger partial charge on any atom is 0.108 e. The number of rotatable bonds is 2. The van der Waals surface area contributed by atoms with Gasteiger partial charge in [0.1, 0.15) is 5.69 Å². The molecular weight excluding hydrogens is 178 g/mol. The third kappa shape index (κ3) is 1.47. The summed E-state index contributed by atoms with van der Waals surface area (Å²) in [4.78, 5) is 14.6. The van der Waals surface area contributed by atoms with Gasteiger partial charge in [0.15, 0.2) is 0 Å². The summed E-state index contributed by atoms with van der Waals surface area (Å²) in [5, 5.41) is 3.76. The highest BCUT2D eigenvalue weighted by molar-refractivity contribution is 5.81. The van der Waals surface area contributed by atoms with Crippen molar-refractivity contribution in [1.29, 1.82) is 0 Å².